The smallest absolute Gasteiger partial charge is 0.000718 e. The van der Waals surface area contributed by atoms with Crippen molar-refractivity contribution in [3.05, 3.63) is 277 Å². The Morgan fingerprint density at radius 1 is 0.142 bits per heavy atom. The highest BCUT2D eigenvalue weighted by atomic mass is 14.4. The van der Waals surface area contributed by atoms with Gasteiger partial charge in [0.15, 0.2) is 0 Å². The van der Waals surface area contributed by atoms with E-state index >= 15 is 0 Å². The number of benzene rings is 21. The van der Waals surface area contributed by atoms with Crippen LogP contribution in [0.1, 0.15) is 105 Å². The van der Waals surface area contributed by atoms with Gasteiger partial charge < -0.3 is 0 Å². The molecule has 0 amide bonds. The van der Waals surface area contributed by atoms with Gasteiger partial charge in [0.05, 0.1) is 0 Å². The second-order valence-corrected chi connectivity index (χ2v) is 35.8. The Labute approximate surface area is 617 Å². The van der Waals surface area contributed by atoms with Crippen LogP contribution in [0.5, 0.6) is 0 Å². The molecule has 502 valence electrons. The lowest BCUT2D eigenvalue weighted by molar-refractivity contribution is 0.591. The van der Waals surface area contributed by atoms with Gasteiger partial charge in [-0.15, -0.1) is 0 Å². The Morgan fingerprint density at radius 2 is 0.349 bits per heavy atom. The maximum absolute atomic E-state index is 2.56. The summed E-state index contributed by atoms with van der Waals surface area (Å²) in [6.45, 7) is 28.1. The predicted molar refractivity (Wildman–Crippen MR) is 462 cm³/mol. The van der Waals surface area contributed by atoms with E-state index in [1.165, 1.54) is 262 Å². The fourth-order valence-electron chi connectivity index (χ4n) is 20.4. The molecule has 2 aliphatic carbocycles. The Morgan fingerprint density at radius 3 is 0.623 bits per heavy atom. The number of rotatable bonds is 4. The van der Waals surface area contributed by atoms with Crippen LogP contribution in [0.3, 0.4) is 0 Å². The first kappa shape index (κ1) is 60.7. The van der Waals surface area contributed by atoms with Crippen LogP contribution in [0.25, 0.3) is 240 Å². The van der Waals surface area contributed by atoms with Gasteiger partial charge in [-0.05, 0) is 284 Å². The second kappa shape index (κ2) is 20.2. The molecule has 0 N–H and O–H groups in total. The Kier molecular flexibility index (Phi) is 11.6. The molecule has 0 heterocycles. The molecule has 0 heteroatoms. The van der Waals surface area contributed by atoms with Crippen molar-refractivity contribution in [3.63, 3.8) is 0 Å². The van der Waals surface area contributed by atoms with Gasteiger partial charge >= 0.3 is 0 Å². The van der Waals surface area contributed by atoms with E-state index in [1.807, 2.05) is 0 Å². The van der Waals surface area contributed by atoms with Crippen molar-refractivity contribution in [3.8, 4) is 89.0 Å². The lowest BCUT2D eigenvalue weighted by Gasteiger charge is -2.24. The van der Waals surface area contributed by atoms with Crippen molar-refractivity contribution in [1.82, 2.24) is 0 Å². The zero-order valence-corrected chi connectivity index (χ0v) is 62.2. The van der Waals surface area contributed by atoms with E-state index < -0.39 is 0 Å². The highest BCUT2D eigenvalue weighted by Crippen LogP contribution is 2.65. The van der Waals surface area contributed by atoms with Crippen molar-refractivity contribution >= 4 is 151 Å². The summed E-state index contributed by atoms with van der Waals surface area (Å²) in [5, 5.41) is 36.6. The van der Waals surface area contributed by atoms with Gasteiger partial charge in [0.2, 0.25) is 0 Å². The van der Waals surface area contributed by atoms with Crippen molar-refractivity contribution < 1.29 is 0 Å². The summed E-state index contributed by atoms with van der Waals surface area (Å²) >= 11 is 0. The number of hydrogen-bond donors (Lipinski definition) is 0. The maximum atomic E-state index is 2.56. The number of fused-ring (bicyclic) bond motifs is 7. The SMILES string of the molecule is CC(C)(C)c1cc2ccc3ccc(-c4ccc(-c5ccc6ccc7cc(C(C)(C)C)cc8ccc5c6c78)c5c4-c4ccc6c7c(ccc-5c47)-c4c-6c(-c5ccc6ccc7cc(C(C)(C)C)cc8ccc5c6c78)c5ccccc5c4-c4ccc5ccc6cc(C(C)(C)C)cc7ccc4c5c67)c4ccc(c1)c2c34. The molecule has 0 nitrogen and oxygen atoms in total. The molecule has 0 spiro atoms. The molecule has 0 atom stereocenters. The standard InChI is InChI=1S/C106H78/c1-103(2,3)67-47-59-21-17-55-25-33-71(75-37-29-63(51-67)87(59)91(55)75)77-41-42-78(72-34-26-56-18-22-60-48-68(104(4,5)6)52-64-30-38-76(72)92(56)88(60)64)98-84-44-46-86-100-85(45-43-83(97(77)98)99(84)100)101-95(81-35-27-57-19-23-61-49-69(105(7,8)9)53-65-31-39-79(81)93(57)89(61)65)73-15-13-14-16-74(73)96(102(86)101)82-36-28-58-20-24-62-50-70(106(10,11)12)54-66-32-40-80(82)94(58)90(62)66/h13-54H,1-12H3. The second-order valence-electron chi connectivity index (χ2n) is 35.8. The minimum absolute atomic E-state index is 0.00419. The first-order valence-corrected chi connectivity index (χ1v) is 38.4. The van der Waals surface area contributed by atoms with Crippen LogP contribution >= 0.6 is 0 Å². The number of hydrogen-bond acceptors (Lipinski definition) is 0. The molecule has 0 fully saturated rings. The zero-order valence-electron chi connectivity index (χ0n) is 62.2. The average molecular weight is 1350 g/mol. The van der Waals surface area contributed by atoms with Crippen molar-refractivity contribution in [1.29, 1.82) is 0 Å². The summed E-state index contributed by atoms with van der Waals surface area (Å²) in [6, 6.07) is 102. The Bertz CT molecular complexity index is 7040. The van der Waals surface area contributed by atoms with E-state index in [-0.39, 0.29) is 21.7 Å². The monoisotopic (exact) mass is 1350 g/mol. The molecule has 0 saturated carbocycles. The molecular formula is C106H78. The highest BCUT2D eigenvalue weighted by Gasteiger charge is 2.38. The zero-order chi connectivity index (χ0) is 71.4. The van der Waals surface area contributed by atoms with Crippen LogP contribution in [0.15, 0.2) is 255 Å². The predicted octanol–water partition coefficient (Wildman–Crippen LogP) is 30.7. The summed E-state index contributed by atoms with van der Waals surface area (Å²) in [6.07, 6.45) is 0. The summed E-state index contributed by atoms with van der Waals surface area (Å²) in [4.78, 5) is 0. The minimum atomic E-state index is 0.00419. The third kappa shape index (κ3) is 7.99. The molecule has 23 rings (SSSR count). The van der Waals surface area contributed by atoms with Crippen LogP contribution in [-0.2, 0) is 21.7 Å². The molecule has 21 aromatic carbocycles. The molecular weight excluding hydrogens is 1270 g/mol. The third-order valence-electron chi connectivity index (χ3n) is 25.6. The van der Waals surface area contributed by atoms with Gasteiger partial charge in [-0.25, -0.2) is 0 Å². The summed E-state index contributed by atoms with van der Waals surface area (Å²) < 4.78 is 0. The van der Waals surface area contributed by atoms with Crippen LogP contribution in [-0.4, -0.2) is 0 Å². The van der Waals surface area contributed by atoms with Gasteiger partial charge in [0, 0.05) is 0 Å². The van der Waals surface area contributed by atoms with E-state index in [4.69, 9.17) is 0 Å². The fraction of sp³-hybridized carbons (Fsp3) is 0.151. The lowest BCUT2D eigenvalue weighted by Crippen LogP contribution is -2.10. The van der Waals surface area contributed by atoms with Crippen LogP contribution in [0.4, 0.5) is 0 Å². The van der Waals surface area contributed by atoms with E-state index in [0.717, 1.165) is 0 Å². The first-order chi connectivity index (χ1) is 51.1. The van der Waals surface area contributed by atoms with Gasteiger partial charge in [0.1, 0.15) is 0 Å². The Balaban J connectivity index is 0.841. The fourth-order valence-corrected chi connectivity index (χ4v) is 20.4. The van der Waals surface area contributed by atoms with Gasteiger partial charge in [-0.1, -0.05) is 338 Å². The molecule has 2 aliphatic rings. The molecule has 0 radical (unpaired) electrons. The van der Waals surface area contributed by atoms with E-state index in [9.17, 15) is 0 Å². The molecule has 0 aromatic heterocycles. The molecule has 21 aromatic rings. The highest BCUT2D eigenvalue weighted by molar-refractivity contribution is 6.38. The van der Waals surface area contributed by atoms with Crippen LogP contribution in [0.2, 0.25) is 0 Å². The van der Waals surface area contributed by atoms with Crippen molar-refractivity contribution in [2.24, 2.45) is 0 Å². The normalized spacial score (nSPS) is 13.5. The summed E-state index contributed by atoms with van der Waals surface area (Å²) in [7, 11) is 0. The van der Waals surface area contributed by atoms with Crippen LogP contribution in [0, 0.1) is 0 Å². The molecule has 0 saturated heterocycles. The summed E-state index contributed by atoms with van der Waals surface area (Å²) in [5.41, 5.74) is 26.1. The minimum Gasteiger partial charge on any atom is -0.0616 e. The van der Waals surface area contributed by atoms with E-state index in [1.54, 1.807) is 0 Å². The lowest BCUT2D eigenvalue weighted by atomic mass is 9.78. The largest absolute Gasteiger partial charge is 0.0616 e. The molecule has 106 heavy (non-hydrogen) atoms. The van der Waals surface area contributed by atoms with Crippen molar-refractivity contribution in [2.45, 2.75) is 105 Å². The van der Waals surface area contributed by atoms with Crippen LogP contribution < -0.4 is 0 Å². The topological polar surface area (TPSA) is 0 Å². The maximum Gasteiger partial charge on any atom is -0.000718 e. The van der Waals surface area contributed by atoms with E-state index in [2.05, 4.69) is 338 Å². The first-order valence-electron chi connectivity index (χ1n) is 38.4. The van der Waals surface area contributed by atoms with Gasteiger partial charge in [-0.2, -0.15) is 0 Å². The van der Waals surface area contributed by atoms with Gasteiger partial charge in [0.25, 0.3) is 0 Å². The molecule has 0 unspecified atom stereocenters. The summed E-state index contributed by atoms with van der Waals surface area (Å²) in [5.74, 6) is 0. The van der Waals surface area contributed by atoms with E-state index in [0.29, 0.717) is 0 Å². The average Bonchev–Trinajstić information content (AvgIpc) is 1.49. The van der Waals surface area contributed by atoms with Crippen molar-refractivity contribution in [2.75, 3.05) is 0 Å². The molecule has 0 aliphatic heterocycles. The third-order valence-corrected chi connectivity index (χ3v) is 25.6. The quantitative estimate of drug-likeness (QED) is 0.154. The van der Waals surface area contributed by atoms with Gasteiger partial charge in [-0.3, -0.25) is 0 Å². The Hall–Kier alpha value is -11.7. The molecule has 0 bridgehead atoms.